The van der Waals surface area contributed by atoms with E-state index in [4.69, 9.17) is 4.74 Å². The molecule has 38 heavy (non-hydrogen) atoms. The fraction of sp³-hybridized carbons (Fsp3) is 0.269. The molecular weight excluding hydrogens is 510 g/mol. The highest BCUT2D eigenvalue weighted by Gasteiger charge is 2.42. The van der Waals surface area contributed by atoms with Crippen molar-refractivity contribution in [2.45, 2.75) is 23.4 Å². The molecule has 11 nitrogen and oxygen atoms in total. The summed E-state index contributed by atoms with van der Waals surface area (Å²) in [6.07, 6.45) is 6.17. The van der Waals surface area contributed by atoms with Crippen molar-refractivity contribution in [2.75, 3.05) is 26.7 Å². The number of benzene rings is 1. The molecule has 0 spiro atoms. The molecule has 1 aliphatic rings. The molecule has 2 amide bonds. The van der Waals surface area contributed by atoms with Crippen LogP contribution in [0.4, 0.5) is 0 Å². The lowest BCUT2D eigenvalue weighted by molar-refractivity contribution is -0.145. The standard InChI is InChI=1S/C26H27N5O6S/c1-37-26(34)22(15-19-7-5-11-27-16-19)29-24(32)23-18-30(25(33)20-8-6-12-28-17-20)13-14-31(23)38(35,36)21-9-3-2-4-10-21/h2-12,16-17,22-23H,13-15,18H2,1H3,(H,29,32)/t22-,23-/m1/s1. The van der Waals surface area contributed by atoms with Crippen molar-refractivity contribution >= 4 is 27.8 Å². The third-order valence-corrected chi connectivity index (χ3v) is 8.07. The van der Waals surface area contributed by atoms with E-state index in [1.54, 1.807) is 54.9 Å². The maximum absolute atomic E-state index is 13.6. The van der Waals surface area contributed by atoms with Crippen LogP contribution in [0, 0.1) is 0 Å². The first-order valence-corrected chi connectivity index (χ1v) is 13.3. The molecule has 1 aliphatic heterocycles. The number of hydrogen-bond acceptors (Lipinski definition) is 8. The largest absolute Gasteiger partial charge is 0.467 e. The number of rotatable bonds is 8. The first-order chi connectivity index (χ1) is 18.3. The van der Waals surface area contributed by atoms with Gasteiger partial charge in [0.25, 0.3) is 5.91 Å². The number of sulfonamides is 1. The van der Waals surface area contributed by atoms with Crippen LogP contribution < -0.4 is 5.32 Å². The molecule has 2 atom stereocenters. The average Bonchev–Trinajstić information content (AvgIpc) is 2.97. The van der Waals surface area contributed by atoms with Crippen molar-refractivity contribution in [3.8, 4) is 0 Å². The van der Waals surface area contributed by atoms with Crippen LogP contribution in [0.15, 0.2) is 84.3 Å². The van der Waals surface area contributed by atoms with Crippen molar-refractivity contribution in [1.82, 2.24) is 24.5 Å². The van der Waals surface area contributed by atoms with Gasteiger partial charge in [-0.1, -0.05) is 24.3 Å². The zero-order chi connectivity index (χ0) is 27.1. The number of pyridine rings is 2. The summed E-state index contributed by atoms with van der Waals surface area (Å²) in [6.45, 7) is -0.265. The quantitative estimate of drug-likeness (QED) is 0.418. The van der Waals surface area contributed by atoms with Crippen molar-refractivity contribution in [1.29, 1.82) is 0 Å². The number of ether oxygens (including phenoxy) is 1. The molecule has 3 heterocycles. The van der Waals surface area contributed by atoms with Crippen molar-refractivity contribution in [3.05, 3.63) is 90.5 Å². The highest BCUT2D eigenvalue weighted by Crippen LogP contribution is 2.23. The number of carbonyl (C=O) groups is 3. The maximum Gasteiger partial charge on any atom is 0.328 e. The number of esters is 1. The summed E-state index contributed by atoms with van der Waals surface area (Å²) in [5.74, 6) is -1.81. The van der Waals surface area contributed by atoms with Gasteiger partial charge in [0.15, 0.2) is 0 Å². The minimum atomic E-state index is -4.09. The van der Waals surface area contributed by atoms with Crippen LogP contribution in [0.2, 0.25) is 0 Å². The van der Waals surface area contributed by atoms with Crippen LogP contribution in [0.5, 0.6) is 0 Å². The topological polar surface area (TPSA) is 139 Å². The summed E-state index contributed by atoms with van der Waals surface area (Å²) >= 11 is 0. The maximum atomic E-state index is 13.6. The van der Waals surface area contributed by atoms with Crippen LogP contribution in [0.1, 0.15) is 15.9 Å². The second-order valence-electron chi connectivity index (χ2n) is 8.59. The van der Waals surface area contributed by atoms with Crippen LogP contribution >= 0.6 is 0 Å². The normalized spacial score (nSPS) is 16.9. The van der Waals surface area contributed by atoms with Gasteiger partial charge in [0.2, 0.25) is 15.9 Å². The summed E-state index contributed by atoms with van der Waals surface area (Å²) in [5, 5.41) is 2.64. The molecule has 1 aromatic carbocycles. The highest BCUT2D eigenvalue weighted by atomic mass is 32.2. The fourth-order valence-corrected chi connectivity index (χ4v) is 5.80. The Labute approximate surface area is 220 Å². The Hall–Kier alpha value is -4.16. The monoisotopic (exact) mass is 537 g/mol. The summed E-state index contributed by atoms with van der Waals surface area (Å²) in [6, 6.07) is 12.0. The van der Waals surface area contributed by atoms with Crippen molar-refractivity contribution in [2.24, 2.45) is 0 Å². The Bertz CT molecular complexity index is 1370. The summed E-state index contributed by atoms with van der Waals surface area (Å²) in [5.41, 5.74) is 0.990. The van der Waals surface area contributed by atoms with Gasteiger partial charge < -0.3 is 15.0 Å². The van der Waals surface area contributed by atoms with E-state index in [9.17, 15) is 22.8 Å². The Balaban J connectivity index is 1.63. The van der Waals surface area contributed by atoms with Gasteiger partial charge in [0, 0.05) is 50.8 Å². The van der Waals surface area contributed by atoms with E-state index in [0.717, 1.165) is 4.31 Å². The third-order valence-electron chi connectivity index (χ3n) is 6.14. The molecule has 1 saturated heterocycles. The molecule has 3 aromatic rings. The third kappa shape index (κ3) is 6.03. The highest BCUT2D eigenvalue weighted by molar-refractivity contribution is 7.89. The van der Waals surface area contributed by atoms with Gasteiger partial charge >= 0.3 is 5.97 Å². The van der Waals surface area contributed by atoms with Crippen LogP contribution in [0.25, 0.3) is 0 Å². The van der Waals surface area contributed by atoms with E-state index in [0.29, 0.717) is 11.1 Å². The lowest BCUT2D eigenvalue weighted by Gasteiger charge is -2.40. The number of nitrogens with zero attached hydrogens (tertiary/aromatic N) is 4. The van der Waals surface area contributed by atoms with Gasteiger partial charge in [-0.05, 0) is 35.9 Å². The minimum Gasteiger partial charge on any atom is -0.467 e. The Morgan fingerprint density at radius 3 is 2.34 bits per heavy atom. The number of amides is 2. The Morgan fingerprint density at radius 1 is 1.00 bits per heavy atom. The molecule has 198 valence electrons. The molecule has 12 heteroatoms. The molecule has 0 aliphatic carbocycles. The van der Waals surface area contributed by atoms with Crippen LogP contribution in [-0.4, -0.2) is 84.2 Å². The second kappa shape index (κ2) is 11.9. The number of carbonyl (C=O) groups excluding carboxylic acids is 3. The predicted molar refractivity (Wildman–Crippen MR) is 136 cm³/mol. The van der Waals surface area contributed by atoms with Gasteiger partial charge in [0.1, 0.15) is 12.1 Å². The Kier molecular flexibility index (Phi) is 8.44. The van der Waals surface area contributed by atoms with E-state index >= 15 is 0 Å². The van der Waals surface area contributed by atoms with E-state index < -0.39 is 34.0 Å². The number of piperazine rings is 1. The van der Waals surface area contributed by atoms with Crippen LogP contribution in [0.3, 0.4) is 0 Å². The van der Waals surface area contributed by atoms with E-state index in [2.05, 4.69) is 15.3 Å². The fourth-order valence-electron chi connectivity index (χ4n) is 4.21. The number of aromatic nitrogens is 2. The molecule has 0 unspecified atom stereocenters. The molecular formula is C26H27N5O6S. The number of hydrogen-bond donors (Lipinski definition) is 1. The average molecular weight is 538 g/mol. The van der Waals surface area contributed by atoms with E-state index in [1.807, 2.05) is 0 Å². The van der Waals surface area contributed by atoms with Crippen molar-refractivity contribution in [3.63, 3.8) is 0 Å². The van der Waals surface area contributed by atoms with E-state index in [-0.39, 0.29) is 36.9 Å². The van der Waals surface area contributed by atoms with Crippen molar-refractivity contribution < 1.29 is 27.5 Å². The molecule has 0 radical (unpaired) electrons. The molecule has 4 rings (SSSR count). The minimum absolute atomic E-state index is 0.0183. The lowest BCUT2D eigenvalue weighted by atomic mass is 10.1. The predicted octanol–water partition coefficient (Wildman–Crippen LogP) is 0.892. The SMILES string of the molecule is COC(=O)[C@@H](Cc1cccnc1)NC(=O)[C@H]1CN(C(=O)c2cccnc2)CCN1S(=O)(=O)c1ccccc1. The Morgan fingerprint density at radius 2 is 1.71 bits per heavy atom. The van der Waals surface area contributed by atoms with Gasteiger partial charge in [-0.2, -0.15) is 4.31 Å². The zero-order valence-electron chi connectivity index (χ0n) is 20.6. The van der Waals surface area contributed by atoms with Gasteiger partial charge in [0.05, 0.1) is 17.6 Å². The van der Waals surface area contributed by atoms with Gasteiger partial charge in [-0.15, -0.1) is 0 Å². The molecule has 1 N–H and O–H groups in total. The van der Waals surface area contributed by atoms with Gasteiger partial charge in [-0.25, -0.2) is 13.2 Å². The summed E-state index contributed by atoms with van der Waals surface area (Å²) in [7, 11) is -2.89. The van der Waals surface area contributed by atoms with E-state index in [1.165, 1.54) is 36.5 Å². The number of methoxy groups -OCH3 is 1. The van der Waals surface area contributed by atoms with Gasteiger partial charge in [-0.3, -0.25) is 19.6 Å². The molecule has 2 aromatic heterocycles. The summed E-state index contributed by atoms with van der Waals surface area (Å²) in [4.78, 5) is 48.7. The first kappa shape index (κ1) is 26.9. The second-order valence-corrected chi connectivity index (χ2v) is 10.5. The smallest absolute Gasteiger partial charge is 0.328 e. The molecule has 0 bridgehead atoms. The first-order valence-electron chi connectivity index (χ1n) is 11.8. The number of nitrogens with one attached hydrogen (secondary N) is 1. The molecule has 0 saturated carbocycles. The lowest BCUT2D eigenvalue weighted by Crippen LogP contribution is -2.62. The summed E-state index contributed by atoms with van der Waals surface area (Å²) < 4.78 is 33.0. The molecule has 1 fully saturated rings. The van der Waals surface area contributed by atoms with Crippen LogP contribution in [-0.2, 0) is 30.8 Å². The zero-order valence-corrected chi connectivity index (χ0v) is 21.5.